The van der Waals surface area contributed by atoms with Crippen LogP contribution >= 0.6 is 12.2 Å². The fraction of sp³-hybridized carbons (Fsp3) is 0.222. The Kier molecular flexibility index (Phi) is 7.00. The number of hydrogen-bond acceptors (Lipinski definition) is 4. The molecular formula is C18H20FN3O3S2. The summed E-state index contributed by atoms with van der Waals surface area (Å²) in [6, 6.07) is 11.5. The van der Waals surface area contributed by atoms with Crippen molar-refractivity contribution in [1.29, 1.82) is 0 Å². The van der Waals surface area contributed by atoms with Crippen LogP contribution in [0.2, 0.25) is 0 Å². The van der Waals surface area contributed by atoms with Gasteiger partial charge in [-0.2, -0.15) is 4.31 Å². The van der Waals surface area contributed by atoms with E-state index in [1.54, 1.807) is 19.9 Å². The molecule has 0 aromatic heterocycles. The third kappa shape index (κ3) is 5.09. The first kappa shape index (κ1) is 20.9. The number of carbonyl (C=O) groups is 1. The molecule has 0 fully saturated rings. The van der Waals surface area contributed by atoms with Crippen LogP contribution < -0.4 is 10.6 Å². The van der Waals surface area contributed by atoms with Gasteiger partial charge in [-0.05, 0) is 48.6 Å². The van der Waals surface area contributed by atoms with Crippen LogP contribution in [0.5, 0.6) is 0 Å². The van der Waals surface area contributed by atoms with Gasteiger partial charge < -0.3 is 5.32 Å². The predicted molar refractivity (Wildman–Crippen MR) is 107 cm³/mol. The van der Waals surface area contributed by atoms with E-state index in [1.165, 1.54) is 46.8 Å². The zero-order chi connectivity index (χ0) is 20.0. The summed E-state index contributed by atoms with van der Waals surface area (Å²) in [4.78, 5) is 12.2. The second-order valence-corrected chi connectivity index (χ2v) is 7.85. The van der Waals surface area contributed by atoms with Crippen molar-refractivity contribution in [2.45, 2.75) is 18.7 Å². The first-order valence-electron chi connectivity index (χ1n) is 8.26. The average molecular weight is 410 g/mol. The molecule has 6 nitrogen and oxygen atoms in total. The van der Waals surface area contributed by atoms with Crippen LogP contribution in [0.15, 0.2) is 53.4 Å². The lowest BCUT2D eigenvalue weighted by molar-refractivity contribution is 0.0974. The molecule has 0 heterocycles. The summed E-state index contributed by atoms with van der Waals surface area (Å²) in [5, 5.41) is 5.12. The number of nitrogens with one attached hydrogen (secondary N) is 2. The summed E-state index contributed by atoms with van der Waals surface area (Å²) in [5.74, 6) is -1.32. The van der Waals surface area contributed by atoms with E-state index in [2.05, 4.69) is 10.6 Å². The molecule has 2 N–H and O–H groups in total. The summed E-state index contributed by atoms with van der Waals surface area (Å²) < 4.78 is 39.9. The van der Waals surface area contributed by atoms with Crippen LogP contribution in [0.4, 0.5) is 10.1 Å². The van der Waals surface area contributed by atoms with E-state index < -0.39 is 21.7 Å². The Labute approximate surface area is 163 Å². The molecule has 0 aliphatic rings. The van der Waals surface area contributed by atoms with Crippen LogP contribution in [-0.4, -0.2) is 36.8 Å². The second-order valence-electron chi connectivity index (χ2n) is 5.50. The zero-order valence-electron chi connectivity index (χ0n) is 14.9. The topological polar surface area (TPSA) is 78.5 Å². The molecule has 9 heteroatoms. The van der Waals surface area contributed by atoms with Crippen molar-refractivity contribution in [1.82, 2.24) is 9.62 Å². The fourth-order valence-electron chi connectivity index (χ4n) is 2.40. The van der Waals surface area contributed by atoms with E-state index in [0.29, 0.717) is 18.8 Å². The largest absolute Gasteiger partial charge is 0.332 e. The molecule has 144 valence electrons. The van der Waals surface area contributed by atoms with Gasteiger partial charge in [0, 0.05) is 18.8 Å². The number of thiocarbonyl (C=S) groups is 1. The van der Waals surface area contributed by atoms with Gasteiger partial charge in [0.15, 0.2) is 5.11 Å². The summed E-state index contributed by atoms with van der Waals surface area (Å²) in [5.41, 5.74) is 0.370. The molecule has 0 unspecified atom stereocenters. The Morgan fingerprint density at radius 3 is 2.22 bits per heavy atom. The lowest BCUT2D eigenvalue weighted by Gasteiger charge is -2.18. The van der Waals surface area contributed by atoms with Gasteiger partial charge in [0.25, 0.3) is 5.91 Å². The lowest BCUT2D eigenvalue weighted by Crippen LogP contribution is -2.34. The maximum Gasteiger partial charge on any atom is 0.260 e. The minimum absolute atomic E-state index is 0.0254. The van der Waals surface area contributed by atoms with E-state index in [1.807, 2.05) is 0 Å². The summed E-state index contributed by atoms with van der Waals surface area (Å²) in [6.45, 7) is 4.30. The Hall–Kier alpha value is -2.36. The quantitative estimate of drug-likeness (QED) is 0.717. The van der Waals surface area contributed by atoms with Crippen molar-refractivity contribution < 1.29 is 17.6 Å². The second kappa shape index (κ2) is 9.03. The van der Waals surface area contributed by atoms with Crippen molar-refractivity contribution in [3.8, 4) is 0 Å². The molecule has 2 rings (SSSR count). The third-order valence-corrected chi connectivity index (χ3v) is 6.07. The number of hydrogen-bond donors (Lipinski definition) is 2. The van der Waals surface area contributed by atoms with Crippen molar-refractivity contribution in [2.75, 3.05) is 18.4 Å². The molecule has 0 spiro atoms. The Bertz CT molecular complexity index is 927. The van der Waals surface area contributed by atoms with Gasteiger partial charge in [-0.25, -0.2) is 12.8 Å². The summed E-state index contributed by atoms with van der Waals surface area (Å²) >= 11 is 5.05. The van der Waals surface area contributed by atoms with Crippen molar-refractivity contribution >= 4 is 38.9 Å². The van der Waals surface area contributed by atoms with Gasteiger partial charge in [0.05, 0.1) is 10.5 Å². The van der Waals surface area contributed by atoms with Crippen molar-refractivity contribution in [2.24, 2.45) is 0 Å². The number of anilines is 1. The molecule has 0 saturated carbocycles. The predicted octanol–water partition coefficient (Wildman–Crippen LogP) is 2.98. The van der Waals surface area contributed by atoms with Gasteiger partial charge >= 0.3 is 0 Å². The molecule has 2 aromatic carbocycles. The Morgan fingerprint density at radius 1 is 1.07 bits per heavy atom. The number of rotatable bonds is 6. The number of nitrogens with zero attached hydrogens (tertiary/aromatic N) is 1. The Balaban J connectivity index is 2.05. The molecular weight excluding hydrogens is 389 g/mol. The first-order valence-corrected chi connectivity index (χ1v) is 10.1. The van der Waals surface area contributed by atoms with Gasteiger partial charge in [-0.1, -0.05) is 26.0 Å². The highest BCUT2D eigenvalue weighted by Crippen LogP contribution is 2.18. The maximum absolute atomic E-state index is 13.6. The molecule has 0 aliphatic carbocycles. The Morgan fingerprint density at radius 2 is 1.67 bits per heavy atom. The molecule has 0 atom stereocenters. The lowest BCUT2D eigenvalue weighted by atomic mass is 10.2. The van der Waals surface area contributed by atoms with Crippen LogP contribution in [0, 0.1) is 5.82 Å². The monoisotopic (exact) mass is 409 g/mol. The van der Waals surface area contributed by atoms with E-state index in [9.17, 15) is 17.6 Å². The van der Waals surface area contributed by atoms with Gasteiger partial charge in [-0.3, -0.25) is 10.1 Å². The van der Waals surface area contributed by atoms with Crippen LogP contribution in [0.3, 0.4) is 0 Å². The molecule has 27 heavy (non-hydrogen) atoms. The first-order chi connectivity index (χ1) is 12.8. The molecule has 0 radical (unpaired) electrons. The van der Waals surface area contributed by atoms with Crippen molar-refractivity contribution in [3.05, 3.63) is 59.9 Å². The number of halogens is 1. The number of amides is 1. The third-order valence-electron chi connectivity index (χ3n) is 3.80. The van der Waals surface area contributed by atoms with Gasteiger partial charge in [0.1, 0.15) is 5.82 Å². The smallest absolute Gasteiger partial charge is 0.260 e. The fourth-order valence-corrected chi connectivity index (χ4v) is 4.07. The molecule has 1 amide bonds. The van der Waals surface area contributed by atoms with Crippen molar-refractivity contribution in [3.63, 3.8) is 0 Å². The SMILES string of the molecule is CCN(CC)S(=O)(=O)c1ccc(NC(=S)NC(=O)c2ccccc2F)cc1. The van der Waals surface area contributed by atoms with E-state index in [-0.39, 0.29) is 15.6 Å². The number of carbonyl (C=O) groups excluding carboxylic acids is 1. The number of sulfonamides is 1. The highest BCUT2D eigenvalue weighted by Gasteiger charge is 2.21. The van der Waals surface area contributed by atoms with Crippen LogP contribution in [0.25, 0.3) is 0 Å². The van der Waals surface area contributed by atoms with Crippen LogP contribution in [-0.2, 0) is 10.0 Å². The van der Waals surface area contributed by atoms with Gasteiger partial charge in [-0.15, -0.1) is 0 Å². The van der Waals surface area contributed by atoms with Crippen LogP contribution in [0.1, 0.15) is 24.2 Å². The van der Waals surface area contributed by atoms with Gasteiger partial charge in [0.2, 0.25) is 10.0 Å². The summed E-state index contributed by atoms with van der Waals surface area (Å²) in [7, 11) is -3.54. The molecule has 0 aliphatic heterocycles. The zero-order valence-corrected chi connectivity index (χ0v) is 16.5. The molecule has 0 bridgehead atoms. The average Bonchev–Trinajstić information content (AvgIpc) is 2.63. The normalized spacial score (nSPS) is 11.3. The minimum atomic E-state index is -3.54. The van der Waals surface area contributed by atoms with E-state index in [4.69, 9.17) is 12.2 Å². The highest BCUT2D eigenvalue weighted by molar-refractivity contribution is 7.89. The van der Waals surface area contributed by atoms with E-state index >= 15 is 0 Å². The van der Waals surface area contributed by atoms with E-state index in [0.717, 1.165) is 0 Å². The standard InChI is InChI=1S/C18H20FN3O3S2/c1-3-22(4-2)27(24,25)14-11-9-13(10-12-14)20-18(26)21-17(23)15-7-5-6-8-16(15)19/h5-12H,3-4H2,1-2H3,(H2,20,21,23,26). The minimum Gasteiger partial charge on any atom is -0.332 e. The highest BCUT2D eigenvalue weighted by atomic mass is 32.2. The summed E-state index contributed by atoms with van der Waals surface area (Å²) in [6.07, 6.45) is 0. The maximum atomic E-state index is 13.6. The molecule has 2 aromatic rings. The number of benzene rings is 2. The molecule has 0 saturated heterocycles.